The maximum Gasteiger partial charge on any atom is 0.194 e. The summed E-state index contributed by atoms with van der Waals surface area (Å²) >= 11 is 0. The molecule has 0 aromatic carbocycles. The van der Waals surface area contributed by atoms with E-state index in [0.717, 1.165) is 57.6 Å². The van der Waals surface area contributed by atoms with Crippen molar-refractivity contribution < 1.29 is 0 Å². The van der Waals surface area contributed by atoms with Crippen molar-refractivity contribution in [2.75, 3.05) is 57.8 Å². The van der Waals surface area contributed by atoms with Crippen molar-refractivity contribution in [1.29, 1.82) is 0 Å². The lowest BCUT2D eigenvalue weighted by atomic mass is 10.3. The molecule has 0 bridgehead atoms. The molecule has 2 heterocycles. The van der Waals surface area contributed by atoms with Crippen molar-refractivity contribution in [2.24, 2.45) is 4.99 Å². The van der Waals surface area contributed by atoms with E-state index >= 15 is 0 Å². The van der Waals surface area contributed by atoms with Gasteiger partial charge in [0, 0.05) is 51.5 Å². The molecule has 0 amide bonds. The van der Waals surface area contributed by atoms with Crippen LogP contribution in [0.1, 0.15) is 20.8 Å². The van der Waals surface area contributed by atoms with E-state index in [2.05, 4.69) is 58.9 Å². The average molecular weight is 460 g/mol. The molecule has 25 heavy (non-hydrogen) atoms. The highest BCUT2D eigenvalue weighted by Gasteiger charge is 2.20. The molecule has 0 aliphatic carbocycles. The van der Waals surface area contributed by atoms with Gasteiger partial charge in [-0.05, 0) is 40.0 Å². The molecular weight excluding hydrogens is 427 g/mol. The largest absolute Gasteiger partial charge is 0.357 e. The fourth-order valence-corrected chi connectivity index (χ4v) is 2.69. The highest BCUT2D eigenvalue weighted by molar-refractivity contribution is 14.0. The zero-order chi connectivity index (χ0) is 17.4. The van der Waals surface area contributed by atoms with Gasteiger partial charge in [-0.2, -0.15) is 0 Å². The first-order chi connectivity index (χ1) is 11.6. The van der Waals surface area contributed by atoms with Gasteiger partial charge in [-0.25, -0.2) is 4.98 Å². The Morgan fingerprint density at radius 1 is 1.28 bits per heavy atom. The number of aromatic nitrogens is 1. The third-order valence-corrected chi connectivity index (χ3v) is 4.48. The Bertz CT molecular complexity index is 500. The van der Waals surface area contributed by atoms with Crippen molar-refractivity contribution in [3.8, 4) is 0 Å². The molecule has 7 heteroatoms. The molecule has 6 nitrogen and oxygen atoms in total. The zero-order valence-corrected chi connectivity index (χ0v) is 18.3. The highest BCUT2D eigenvalue weighted by atomic mass is 127. The molecule has 0 spiro atoms. The van der Waals surface area contributed by atoms with E-state index < -0.39 is 0 Å². The molecule has 0 saturated carbocycles. The topological polar surface area (TPSA) is 47.0 Å². The normalized spacial score (nSPS) is 15.5. The maximum atomic E-state index is 4.81. The zero-order valence-electron chi connectivity index (χ0n) is 16.0. The molecule has 1 aliphatic heterocycles. The maximum absolute atomic E-state index is 4.81. The minimum atomic E-state index is 0. The molecule has 1 N–H and O–H groups in total. The molecule has 1 fully saturated rings. The number of piperazine rings is 1. The monoisotopic (exact) mass is 460 g/mol. The van der Waals surface area contributed by atoms with E-state index in [1.165, 1.54) is 0 Å². The summed E-state index contributed by atoms with van der Waals surface area (Å²) in [6.45, 7) is 13.2. The number of nitrogens with zero attached hydrogens (tertiary/aromatic N) is 5. The number of rotatable bonds is 6. The minimum Gasteiger partial charge on any atom is -0.357 e. The molecule has 1 aliphatic rings. The van der Waals surface area contributed by atoms with Crippen LogP contribution >= 0.6 is 24.0 Å². The molecule has 2 rings (SSSR count). The highest BCUT2D eigenvalue weighted by Crippen LogP contribution is 2.12. The number of anilines is 1. The Labute approximate surface area is 169 Å². The lowest BCUT2D eigenvalue weighted by Crippen LogP contribution is -2.52. The van der Waals surface area contributed by atoms with Gasteiger partial charge in [-0.1, -0.05) is 6.07 Å². The quantitative estimate of drug-likeness (QED) is 0.401. The summed E-state index contributed by atoms with van der Waals surface area (Å²) in [6.07, 6.45) is 1.86. The van der Waals surface area contributed by atoms with Gasteiger partial charge < -0.3 is 20.0 Å². The summed E-state index contributed by atoms with van der Waals surface area (Å²) in [5, 5.41) is 3.43. The summed E-state index contributed by atoms with van der Waals surface area (Å²) in [5.41, 5.74) is 0. The summed E-state index contributed by atoms with van der Waals surface area (Å²) in [6, 6.07) is 6.65. The summed E-state index contributed by atoms with van der Waals surface area (Å²) < 4.78 is 0. The second-order valence-electron chi connectivity index (χ2n) is 6.47. The van der Waals surface area contributed by atoms with E-state index in [1.807, 2.05) is 18.3 Å². The van der Waals surface area contributed by atoms with Crippen molar-refractivity contribution in [2.45, 2.75) is 26.8 Å². The van der Waals surface area contributed by atoms with Crippen molar-refractivity contribution in [3.05, 3.63) is 24.4 Å². The summed E-state index contributed by atoms with van der Waals surface area (Å²) in [4.78, 5) is 16.3. The van der Waals surface area contributed by atoms with E-state index in [1.54, 1.807) is 0 Å². The van der Waals surface area contributed by atoms with Crippen molar-refractivity contribution in [1.82, 2.24) is 20.1 Å². The molecule has 0 radical (unpaired) electrons. The molecule has 142 valence electrons. The lowest BCUT2D eigenvalue weighted by Gasteiger charge is -2.37. The molecule has 1 aromatic heterocycles. The fourth-order valence-electron chi connectivity index (χ4n) is 2.69. The number of pyridine rings is 1. The number of hydrogen-bond acceptors (Lipinski definition) is 4. The minimum absolute atomic E-state index is 0. The van der Waals surface area contributed by atoms with Crippen LogP contribution in [0.5, 0.6) is 0 Å². The van der Waals surface area contributed by atoms with Gasteiger partial charge in [0.15, 0.2) is 5.96 Å². The van der Waals surface area contributed by atoms with E-state index in [9.17, 15) is 0 Å². The number of nitrogens with one attached hydrogen (secondary N) is 1. The van der Waals surface area contributed by atoms with Crippen LogP contribution in [0.4, 0.5) is 5.82 Å². The first-order valence-corrected chi connectivity index (χ1v) is 9.01. The number of hydrogen-bond donors (Lipinski definition) is 1. The van der Waals surface area contributed by atoms with Gasteiger partial charge in [0.1, 0.15) is 5.82 Å². The van der Waals surface area contributed by atoms with Gasteiger partial charge in [-0.15, -0.1) is 24.0 Å². The smallest absolute Gasteiger partial charge is 0.194 e. The molecule has 0 atom stereocenters. The molecule has 1 aromatic rings. The van der Waals surface area contributed by atoms with Gasteiger partial charge in [0.2, 0.25) is 0 Å². The predicted octanol–water partition coefficient (Wildman–Crippen LogP) is 2.13. The Morgan fingerprint density at radius 3 is 2.56 bits per heavy atom. The van der Waals surface area contributed by atoms with Crippen molar-refractivity contribution >= 4 is 35.8 Å². The Hall–Kier alpha value is -1.09. The molecule has 1 saturated heterocycles. The first kappa shape index (κ1) is 22.0. The number of guanidine groups is 1. The fraction of sp³-hybridized carbons (Fsp3) is 0.667. The standard InChI is InChI=1S/C18H32N6.HI/c1-5-19-18(21-10-11-22(4)16(2)3)24-14-12-23(13-15-24)17-8-6-7-9-20-17;/h6-9,16H,5,10-15H2,1-4H3,(H,19,21);1H. The third-order valence-electron chi connectivity index (χ3n) is 4.48. The average Bonchev–Trinajstić information content (AvgIpc) is 2.61. The molecule has 0 unspecified atom stereocenters. The number of likely N-dealkylation sites (N-methyl/N-ethyl adjacent to an activating group) is 1. The third kappa shape index (κ3) is 6.97. The first-order valence-electron chi connectivity index (χ1n) is 9.01. The van der Waals surface area contributed by atoms with Crippen LogP contribution in [0.2, 0.25) is 0 Å². The van der Waals surface area contributed by atoms with Crippen LogP contribution in [0.3, 0.4) is 0 Å². The second kappa shape index (κ2) is 11.5. The van der Waals surface area contributed by atoms with Crippen LogP contribution in [0.15, 0.2) is 29.4 Å². The Kier molecular flexibility index (Phi) is 10.1. The summed E-state index contributed by atoms with van der Waals surface area (Å²) in [5.74, 6) is 2.10. The van der Waals surface area contributed by atoms with Crippen molar-refractivity contribution in [3.63, 3.8) is 0 Å². The Balaban J connectivity index is 0.00000312. The summed E-state index contributed by atoms with van der Waals surface area (Å²) in [7, 11) is 2.15. The van der Waals surface area contributed by atoms with Crippen LogP contribution in [-0.2, 0) is 0 Å². The van der Waals surface area contributed by atoms with E-state index in [4.69, 9.17) is 4.99 Å². The Morgan fingerprint density at radius 2 is 2.00 bits per heavy atom. The second-order valence-corrected chi connectivity index (χ2v) is 6.47. The van der Waals surface area contributed by atoms with E-state index in [0.29, 0.717) is 6.04 Å². The SMILES string of the molecule is CCNC(=NCCN(C)C(C)C)N1CCN(c2ccccn2)CC1.I. The van der Waals surface area contributed by atoms with Gasteiger partial charge in [0.25, 0.3) is 0 Å². The number of aliphatic imine (C=N–C) groups is 1. The molecular formula is C18H33IN6. The van der Waals surface area contributed by atoms with Gasteiger partial charge in [-0.3, -0.25) is 4.99 Å². The van der Waals surface area contributed by atoms with Crippen LogP contribution < -0.4 is 10.2 Å². The number of halogens is 1. The van der Waals surface area contributed by atoms with Crippen LogP contribution in [0.25, 0.3) is 0 Å². The lowest BCUT2D eigenvalue weighted by molar-refractivity contribution is 0.281. The van der Waals surface area contributed by atoms with E-state index in [-0.39, 0.29) is 24.0 Å². The van der Waals surface area contributed by atoms with Crippen LogP contribution in [0, 0.1) is 0 Å². The van der Waals surface area contributed by atoms with Gasteiger partial charge >= 0.3 is 0 Å². The van der Waals surface area contributed by atoms with Gasteiger partial charge in [0.05, 0.1) is 6.54 Å². The van der Waals surface area contributed by atoms with Crippen LogP contribution in [-0.4, -0.2) is 79.6 Å². The predicted molar refractivity (Wildman–Crippen MR) is 117 cm³/mol.